The van der Waals surface area contributed by atoms with Gasteiger partial charge in [-0.15, -0.1) is 0 Å². The SMILES string of the molecule is COC(=O)CC(C)(O)CC(=O)OC[C@H]1O[C@@H](Oc2c(-c3ccc(OC)c(OC)c3)oc3c(OC)c(OC)c(OC)c(OC)c3c2=O)[C@H](O)[C@@H](O)[C@@H]1O. The van der Waals surface area contributed by atoms with Crippen LogP contribution in [0.5, 0.6) is 40.2 Å². The number of aliphatic hydroxyl groups excluding tert-OH is 3. The molecule has 1 fully saturated rings. The lowest BCUT2D eigenvalue weighted by atomic mass is 9.98. The largest absolute Gasteiger partial charge is 0.493 e. The fourth-order valence-electron chi connectivity index (χ4n) is 5.58. The van der Waals surface area contributed by atoms with Crippen molar-refractivity contribution in [1.82, 2.24) is 0 Å². The Hall–Kier alpha value is -5.01. The first-order valence-corrected chi connectivity index (χ1v) is 15.6. The molecule has 2 heterocycles. The van der Waals surface area contributed by atoms with Crippen LogP contribution in [0.15, 0.2) is 27.4 Å². The summed E-state index contributed by atoms with van der Waals surface area (Å²) in [5.41, 5.74) is -2.64. The molecule has 18 heteroatoms. The zero-order valence-corrected chi connectivity index (χ0v) is 29.7. The second-order valence-electron chi connectivity index (χ2n) is 11.7. The molecule has 1 unspecified atom stereocenters. The number of rotatable bonds is 15. The molecule has 6 atom stereocenters. The van der Waals surface area contributed by atoms with E-state index in [4.69, 9.17) is 47.0 Å². The number of hydrogen-bond donors (Lipinski definition) is 4. The highest BCUT2D eigenvalue weighted by Crippen LogP contribution is 2.52. The molecule has 0 bridgehead atoms. The van der Waals surface area contributed by atoms with E-state index in [0.717, 1.165) is 7.11 Å². The van der Waals surface area contributed by atoms with Crippen LogP contribution in [0.4, 0.5) is 0 Å². The van der Waals surface area contributed by atoms with Gasteiger partial charge in [-0.3, -0.25) is 14.4 Å². The van der Waals surface area contributed by atoms with Gasteiger partial charge in [0.2, 0.25) is 34.7 Å². The van der Waals surface area contributed by atoms with Crippen molar-refractivity contribution in [3.05, 3.63) is 28.4 Å². The first-order chi connectivity index (χ1) is 24.7. The molecular weight excluding hydrogens is 696 g/mol. The lowest BCUT2D eigenvalue weighted by Crippen LogP contribution is -2.60. The zero-order chi connectivity index (χ0) is 38.5. The van der Waals surface area contributed by atoms with Crippen molar-refractivity contribution < 1.29 is 81.8 Å². The molecule has 0 saturated carbocycles. The van der Waals surface area contributed by atoms with Crippen molar-refractivity contribution in [2.24, 2.45) is 0 Å². The number of aliphatic hydroxyl groups is 4. The smallest absolute Gasteiger partial charge is 0.308 e. The first kappa shape index (κ1) is 39.8. The second-order valence-corrected chi connectivity index (χ2v) is 11.7. The van der Waals surface area contributed by atoms with Gasteiger partial charge in [0.05, 0.1) is 68.2 Å². The Kier molecular flexibility index (Phi) is 12.7. The third kappa shape index (κ3) is 7.90. The monoisotopic (exact) mass is 738 g/mol. The van der Waals surface area contributed by atoms with E-state index in [0.29, 0.717) is 5.75 Å². The predicted molar refractivity (Wildman–Crippen MR) is 177 cm³/mol. The number of esters is 2. The van der Waals surface area contributed by atoms with Crippen LogP contribution in [-0.2, 0) is 23.8 Å². The van der Waals surface area contributed by atoms with Gasteiger partial charge in [-0.25, -0.2) is 0 Å². The molecule has 0 amide bonds. The minimum absolute atomic E-state index is 0.0218. The quantitative estimate of drug-likeness (QED) is 0.159. The van der Waals surface area contributed by atoms with E-state index in [1.165, 1.54) is 67.8 Å². The normalized spacial score (nSPS) is 21.0. The number of hydrogen-bond acceptors (Lipinski definition) is 18. The molecule has 52 heavy (non-hydrogen) atoms. The molecule has 1 aliphatic rings. The van der Waals surface area contributed by atoms with Gasteiger partial charge in [0.25, 0.3) is 0 Å². The zero-order valence-electron chi connectivity index (χ0n) is 29.7. The van der Waals surface area contributed by atoms with Crippen LogP contribution >= 0.6 is 0 Å². The van der Waals surface area contributed by atoms with Gasteiger partial charge in [-0.05, 0) is 25.1 Å². The summed E-state index contributed by atoms with van der Waals surface area (Å²) in [6, 6.07) is 4.54. The Morgan fingerprint density at radius 2 is 1.35 bits per heavy atom. The van der Waals surface area contributed by atoms with Gasteiger partial charge in [0, 0.05) is 5.56 Å². The molecule has 1 aliphatic heterocycles. The summed E-state index contributed by atoms with van der Waals surface area (Å²) in [5.74, 6) is -2.11. The molecule has 4 rings (SSSR count). The Bertz CT molecular complexity index is 1820. The Balaban J connectivity index is 1.82. The van der Waals surface area contributed by atoms with E-state index >= 15 is 0 Å². The van der Waals surface area contributed by atoms with Gasteiger partial charge in [0.1, 0.15) is 36.4 Å². The number of ether oxygens (including phenoxy) is 10. The highest BCUT2D eigenvalue weighted by molar-refractivity contribution is 5.97. The molecule has 1 aromatic heterocycles. The first-order valence-electron chi connectivity index (χ1n) is 15.6. The average molecular weight is 739 g/mol. The maximum atomic E-state index is 14.5. The Labute approximate surface area is 297 Å². The Morgan fingerprint density at radius 3 is 1.92 bits per heavy atom. The van der Waals surface area contributed by atoms with Crippen LogP contribution in [-0.4, -0.2) is 125 Å². The van der Waals surface area contributed by atoms with Crippen molar-refractivity contribution in [1.29, 1.82) is 0 Å². The summed E-state index contributed by atoms with van der Waals surface area (Å²) in [6.45, 7) is 0.525. The molecule has 286 valence electrons. The van der Waals surface area contributed by atoms with E-state index in [2.05, 4.69) is 4.74 Å². The fourth-order valence-corrected chi connectivity index (χ4v) is 5.58. The number of fused-ring (bicyclic) bond motifs is 1. The maximum absolute atomic E-state index is 14.5. The second kappa shape index (κ2) is 16.6. The summed E-state index contributed by atoms with van der Waals surface area (Å²) < 4.78 is 60.7. The molecule has 18 nitrogen and oxygen atoms in total. The van der Waals surface area contributed by atoms with Gasteiger partial charge in [0.15, 0.2) is 28.6 Å². The van der Waals surface area contributed by atoms with Crippen LogP contribution in [0.1, 0.15) is 19.8 Å². The van der Waals surface area contributed by atoms with Crippen molar-refractivity contribution in [2.75, 3.05) is 56.4 Å². The predicted octanol–water partition coefficient (Wildman–Crippen LogP) is 0.945. The summed E-state index contributed by atoms with van der Waals surface area (Å²) in [4.78, 5) is 38.7. The molecule has 2 aromatic carbocycles. The summed E-state index contributed by atoms with van der Waals surface area (Å²) in [6.07, 6.45) is -10.2. The van der Waals surface area contributed by atoms with Gasteiger partial charge < -0.3 is 72.2 Å². The van der Waals surface area contributed by atoms with Crippen LogP contribution in [0.25, 0.3) is 22.3 Å². The maximum Gasteiger partial charge on any atom is 0.308 e. The third-order valence-corrected chi connectivity index (χ3v) is 8.17. The number of carbonyl (C=O) groups excluding carboxylic acids is 2. The highest BCUT2D eigenvalue weighted by atomic mass is 16.7. The molecular formula is C34H42O18. The standard InChI is InChI=1S/C34H42O18/c1-34(41,12-19(35)44-4)13-20(36)49-14-18-22(37)24(39)25(40)33(50-18)52-29-23(38)21-27(45-5)30(46-6)32(48-8)31(47-7)28(21)51-26(29)15-9-10-16(42-2)17(11-15)43-3/h9-11,18,22,24-25,33,37,39-41H,12-14H2,1-8H3/t18-,22-,24+,25-,33+,34?/m1/s1. The van der Waals surface area contributed by atoms with E-state index in [1.54, 1.807) is 0 Å². The van der Waals surface area contributed by atoms with Crippen LogP contribution in [0, 0.1) is 0 Å². The summed E-state index contributed by atoms with van der Waals surface area (Å²) >= 11 is 0. The van der Waals surface area contributed by atoms with E-state index in [1.807, 2.05) is 0 Å². The lowest BCUT2D eigenvalue weighted by molar-refractivity contribution is -0.278. The minimum Gasteiger partial charge on any atom is -0.493 e. The molecule has 1 saturated heterocycles. The van der Waals surface area contributed by atoms with E-state index in [-0.39, 0.29) is 51.0 Å². The van der Waals surface area contributed by atoms with Crippen LogP contribution in [0.2, 0.25) is 0 Å². The third-order valence-electron chi connectivity index (χ3n) is 8.17. The van der Waals surface area contributed by atoms with Crippen molar-refractivity contribution >= 4 is 22.9 Å². The number of carbonyl (C=O) groups is 2. The van der Waals surface area contributed by atoms with E-state index < -0.39 is 78.9 Å². The molecule has 0 aliphatic carbocycles. The average Bonchev–Trinajstić information content (AvgIpc) is 3.13. The Morgan fingerprint density at radius 1 is 0.750 bits per heavy atom. The summed E-state index contributed by atoms with van der Waals surface area (Å²) in [5, 5.41) is 42.6. The number of methoxy groups -OCH3 is 7. The fraction of sp³-hybridized carbons (Fsp3) is 0.500. The van der Waals surface area contributed by atoms with Crippen molar-refractivity contribution in [3.8, 4) is 51.6 Å². The molecule has 3 aromatic rings. The van der Waals surface area contributed by atoms with Crippen molar-refractivity contribution in [3.63, 3.8) is 0 Å². The van der Waals surface area contributed by atoms with Gasteiger partial charge in [-0.1, -0.05) is 0 Å². The van der Waals surface area contributed by atoms with Crippen LogP contribution < -0.4 is 38.6 Å². The molecule has 0 radical (unpaired) electrons. The van der Waals surface area contributed by atoms with Crippen LogP contribution in [0.3, 0.4) is 0 Å². The number of benzene rings is 2. The van der Waals surface area contributed by atoms with Crippen molar-refractivity contribution in [2.45, 2.75) is 56.1 Å². The van der Waals surface area contributed by atoms with E-state index in [9.17, 15) is 34.8 Å². The highest BCUT2D eigenvalue weighted by Gasteiger charge is 2.46. The van der Waals surface area contributed by atoms with Gasteiger partial charge in [-0.2, -0.15) is 0 Å². The minimum atomic E-state index is -1.96. The molecule has 4 N–H and O–H groups in total. The topological polar surface area (TPSA) is 238 Å². The summed E-state index contributed by atoms with van der Waals surface area (Å²) in [7, 11) is 9.20. The lowest BCUT2D eigenvalue weighted by Gasteiger charge is -2.40. The van der Waals surface area contributed by atoms with Gasteiger partial charge >= 0.3 is 11.9 Å². The molecule has 0 spiro atoms.